The number of nitrogens with one attached hydrogen (secondary N) is 1. The van der Waals surface area contributed by atoms with Crippen molar-refractivity contribution in [1.82, 2.24) is 10.3 Å². The van der Waals surface area contributed by atoms with E-state index in [0.717, 1.165) is 49.6 Å². The summed E-state index contributed by atoms with van der Waals surface area (Å²) in [7, 11) is 0. The maximum Gasteiger partial charge on any atom is 0.224 e. The van der Waals surface area contributed by atoms with E-state index in [1.807, 2.05) is 6.92 Å². The van der Waals surface area contributed by atoms with Gasteiger partial charge in [0.05, 0.1) is 16.1 Å². The smallest absolute Gasteiger partial charge is 0.224 e. The Morgan fingerprint density at radius 2 is 2.27 bits per heavy atom. The average Bonchev–Trinajstić information content (AvgIpc) is 3.06. The molecule has 0 spiro atoms. The summed E-state index contributed by atoms with van der Waals surface area (Å²) < 4.78 is 6.55. The molecule has 3 rings (SSSR count). The Labute approximate surface area is 159 Å². The van der Waals surface area contributed by atoms with Crippen LogP contribution in [0.25, 0.3) is 10.2 Å². The molecule has 1 aliphatic heterocycles. The summed E-state index contributed by atoms with van der Waals surface area (Å²) in [5.41, 5.74) is 3.59. The van der Waals surface area contributed by atoms with E-state index in [4.69, 9.17) is 9.72 Å². The molecule has 2 aromatic rings. The Morgan fingerprint density at radius 1 is 1.42 bits per heavy atom. The number of carbonyl (C=O) groups excluding carboxylic acids is 1. The van der Waals surface area contributed by atoms with Crippen LogP contribution in [-0.4, -0.2) is 43.7 Å². The van der Waals surface area contributed by atoms with Gasteiger partial charge in [0.25, 0.3) is 0 Å². The molecule has 5 nitrogen and oxygen atoms in total. The van der Waals surface area contributed by atoms with E-state index in [0.29, 0.717) is 13.2 Å². The number of anilines is 1. The first-order chi connectivity index (χ1) is 12.6. The minimum absolute atomic E-state index is 0.0469. The molecule has 142 valence electrons. The van der Waals surface area contributed by atoms with E-state index >= 15 is 0 Å². The molecular weight excluding hydrogens is 346 g/mol. The number of amides is 1. The number of fused-ring (bicyclic) bond motifs is 1. The molecule has 1 aromatic carbocycles. The molecule has 6 heteroatoms. The minimum atomic E-state index is 0.0469. The fourth-order valence-corrected chi connectivity index (χ4v) is 4.71. The molecule has 2 heterocycles. The van der Waals surface area contributed by atoms with Gasteiger partial charge in [-0.3, -0.25) is 4.79 Å². The van der Waals surface area contributed by atoms with Crippen molar-refractivity contribution < 1.29 is 9.53 Å². The Kier molecular flexibility index (Phi) is 6.48. The van der Waals surface area contributed by atoms with Crippen LogP contribution in [0.4, 0.5) is 5.13 Å². The maximum atomic E-state index is 12.5. The van der Waals surface area contributed by atoms with Crippen LogP contribution in [0, 0.1) is 19.8 Å². The second kappa shape index (κ2) is 8.82. The molecule has 1 N–H and O–H groups in total. The number of benzene rings is 1. The predicted molar refractivity (Wildman–Crippen MR) is 108 cm³/mol. The Hall–Kier alpha value is -1.66. The standard InChI is InChI=1S/C20H29N3O2S/c1-4-25-10-6-8-21-19(24)16-7-5-9-23(13-16)20-22-18-15(3)11-14(2)12-17(18)26-20/h11-12,16H,4-10,13H2,1-3H3,(H,21,24)/t16-/m0/s1. The van der Waals surface area contributed by atoms with Crippen LogP contribution in [0.5, 0.6) is 0 Å². The molecule has 26 heavy (non-hydrogen) atoms. The normalized spacial score (nSPS) is 17.7. The first kappa shape index (κ1) is 19.1. The zero-order valence-corrected chi connectivity index (χ0v) is 16.8. The van der Waals surface area contributed by atoms with Gasteiger partial charge >= 0.3 is 0 Å². The highest BCUT2D eigenvalue weighted by Gasteiger charge is 2.27. The molecular formula is C20H29N3O2S. The molecule has 1 aliphatic rings. The van der Waals surface area contributed by atoms with E-state index in [1.54, 1.807) is 11.3 Å². The van der Waals surface area contributed by atoms with Gasteiger partial charge in [0, 0.05) is 32.8 Å². The van der Waals surface area contributed by atoms with Crippen molar-refractivity contribution in [3.05, 3.63) is 23.3 Å². The lowest BCUT2D eigenvalue weighted by atomic mass is 9.97. The molecule has 0 unspecified atom stereocenters. The van der Waals surface area contributed by atoms with Gasteiger partial charge in [-0.05, 0) is 57.2 Å². The monoisotopic (exact) mass is 375 g/mol. The highest BCUT2D eigenvalue weighted by atomic mass is 32.1. The number of hydrogen-bond acceptors (Lipinski definition) is 5. The lowest BCUT2D eigenvalue weighted by Crippen LogP contribution is -2.43. The molecule has 0 bridgehead atoms. The van der Waals surface area contributed by atoms with Gasteiger partial charge in [-0.15, -0.1) is 0 Å². The minimum Gasteiger partial charge on any atom is -0.382 e. The van der Waals surface area contributed by atoms with Crippen molar-refractivity contribution in [2.45, 2.75) is 40.0 Å². The third kappa shape index (κ3) is 4.54. The number of piperidine rings is 1. The van der Waals surface area contributed by atoms with Crippen molar-refractivity contribution >= 4 is 32.6 Å². The Balaban J connectivity index is 1.61. The fourth-order valence-electron chi connectivity index (χ4n) is 3.53. The first-order valence-electron chi connectivity index (χ1n) is 9.56. The summed E-state index contributed by atoms with van der Waals surface area (Å²) in [4.78, 5) is 19.6. The van der Waals surface area contributed by atoms with Crippen molar-refractivity contribution in [2.24, 2.45) is 5.92 Å². The van der Waals surface area contributed by atoms with E-state index in [1.165, 1.54) is 15.8 Å². The van der Waals surface area contributed by atoms with Gasteiger partial charge in [0.15, 0.2) is 5.13 Å². The van der Waals surface area contributed by atoms with Crippen LogP contribution in [0.2, 0.25) is 0 Å². The van der Waals surface area contributed by atoms with Crippen molar-refractivity contribution in [2.75, 3.05) is 37.7 Å². The van der Waals surface area contributed by atoms with E-state index < -0.39 is 0 Å². The zero-order valence-electron chi connectivity index (χ0n) is 16.0. The molecule has 1 aromatic heterocycles. The summed E-state index contributed by atoms with van der Waals surface area (Å²) in [6.45, 7) is 10.1. The van der Waals surface area contributed by atoms with Crippen molar-refractivity contribution in [3.63, 3.8) is 0 Å². The lowest BCUT2D eigenvalue weighted by Gasteiger charge is -2.31. The Morgan fingerprint density at radius 3 is 3.08 bits per heavy atom. The van der Waals surface area contributed by atoms with E-state index in [-0.39, 0.29) is 11.8 Å². The third-order valence-corrected chi connectivity index (χ3v) is 5.91. The number of rotatable bonds is 7. The van der Waals surface area contributed by atoms with E-state index in [9.17, 15) is 4.79 Å². The number of carbonyl (C=O) groups is 1. The number of aromatic nitrogens is 1. The molecule has 1 atom stereocenters. The van der Waals surface area contributed by atoms with Gasteiger partial charge in [-0.25, -0.2) is 4.98 Å². The highest BCUT2D eigenvalue weighted by Crippen LogP contribution is 2.33. The zero-order chi connectivity index (χ0) is 18.5. The van der Waals surface area contributed by atoms with Crippen LogP contribution in [0.3, 0.4) is 0 Å². The second-order valence-corrected chi connectivity index (χ2v) is 8.06. The molecule has 1 amide bonds. The largest absolute Gasteiger partial charge is 0.382 e. The number of hydrogen-bond donors (Lipinski definition) is 1. The third-order valence-electron chi connectivity index (χ3n) is 4.85. The molecule has 0 radical (unpaired) electrons. The summed E-state index contributed by atoms with van der Waals surface area (Å²) in [5, 5.41) is 4.11. The van der Waals surface area contributed by atoms with Crippen LogP contribution < -0.4 is 10.2 Å². The SMILES string of the molecule is CCOCCCNC(=O)[C@H]1CCCN(c2nc3c(C)cc(C)cc3s2)C1. The van der Waals surface area contributed by atoms with Crippen LogP contribution in [-0.2, 0) is 9.53 Å². The summed E-state index contributed by atoms with van der Waals surface area (Å²) in [5.74, 6) is 0.213. The lowest BCUT2D eigenvalue weighted by molar-refractivity contribution is -0.125. The number of thiazole rings is 1. The first-order valence-corrected chi connectivity index (χ1v) is 10.4. The van der Waals surface area contributed by atoms with Gasteiger partial charge in [0.1, 0.15) is 0 Å². The summed E-state index contributed by atoms with van der Waals surface area (Å²) >= 11 is 1.74. The van der Waals surface area contributed by atoms with Gasteiger partial charge in [-0.2, -0.15) is 0 Å². The van der Waals surface area contributed by atoms with Crippen LogP contribution in [0.15, 0.2) is 12.1 Å². The highest BCUT2D eigenvalue weighted by molar-refractivity contribution is 7.22. The van der Waals surface area contributed by atoms with E-state index in [2.05, 4.69) is 36.2 Å². The summed E-state index contributed by atoms with van der Waals surface area (Å²) in [6, 6.07) is 4.39. The molecule has 1 saturated heterocycles. The summed E-state index contributed by atoms with van der Waals surface area (Å²) in [6.07, 6.45) is 2.86. The topological polar surface area (TPSA) is 54.5 Å². The molecule has 1 fully saturated rings. The predicted octanol–water partition coefficient (Wildman–Crippen LogP) is 3.67. The second-order valence-electron chi connectivity index (χ2n) is 7.05. The van der Waals surface area contributed by atoms with Crippen LogP contribution in [0.1, 0.15) is 37.3 Å². The maximum absolute atomic E-state index is 12.5. The van der Waals surface area contributed by atoms with Crippen molar-refractivity contribution in [1.29, 1.82) is 0 Å². The van der Waals surface area contributed by atoms with Gasteiger partial charge < -0.3 is 15.0 Å². The molecule has 0 saturated carbocycles. The van der Waals surface area contributed by atoms with Gasteiger partial charge in [0.2, 0.25) is 5.91 Å². The number of nitrogens with zero attached hydrogens (tertiary/aromatic N) is 2. The molecule has 0 aliphatic carbocycles. The van der Waals surface area contributed by atoms with Crippen LogP contribution >= 0.6 is 11.3 Å². The number of ether oxygens (including phenoxy) is 1. The fraction of sp³-hybridized carbons (Fsp3) is 0.600. The number of aryl methyl sites for hydroxylation is 2. The van der Waals surface area contributed by atoms with Gasteiger partial charge in [-0.1, -0.05) is 17.4 Å². The average molecular weight is 376 g/mol. The van der Waals surface area contributed by atoms with Crippen molar-refractivity contribution in [3.8, 4) is 0 Å². The Bertz CT molecular complexity index is 759. The quantitative estimate of drug-likeness (QED) is 0.750.